The molecule has 0 unspecified atom stereocenters. The molecule has 2 rings (SSSR count). The molecule has 0 bridgehead atoms. The van der Waals surface area contributed by atoms with Gasteiger partial charge in [-0.1, -0.05) is 0 Å². The fourth-order valence-electron chi connectivity index (χ4n) is 1.85. The van der Waals surface area contributed by atoms with Crippen molar-refractivity contribution in [2.75, 3.05) is 24.6 Å². The Hall–Kier alpha value is -1.23. The van der Waals surface area contributed by atoms with Crippen LogP contribution >= 0.6 is 11.8 Å². The summed E-state index contributed by atoms with van der Waals surface area (Å²) in [7, 11) is 0. The number of hydrogen-bond donors (Lipinski definition) is 1. The summed E-state index contributed by atoms with van der Waals surface area (Å²) in [5, 5.41) is 0. The third-order valence-electron chi connectivity index (χ3n) is 2.78. The Balaban J connectivity index is 1.90. The number of rotatable bonds is 3. The summed E-state index contributed by atoms with van der Waals surface area (Å²) >= 11 is 1.37. The maximum atomic E-state index is 12.8. The summed E-state index contributed by atoms with van der Waals surface area (Å²) in [6.45, 7) is 1.72. The van der Waals surface area contributed by atoms with Crippen LogP contribution < -0.4 is 5.73 Å². The van der Waals surface area contributed by atoms with Crippen LogP contribution in [-0.4, -0.2) is 29.6 Å². The maximum absolute atomic E-state index is 12.8. The van der Waals surface area contributed by atoms with Crippen molar-refractivity contribution in [3.05, 3.63) is 24.0 Å². The van der Waals surface area contributed by atoms with E-state index in [4.69, 9.17) is 5.73 Å². The number of thioether (sulfide) groups is 1. The van der Waals surface area contributed by atoms with Crippen molar-refractivity contribution in [3.8, 4) is 0 Å². The fraction of sp³-hybridized carbons (Fsp3) is 0.417. The van der Waals surface area contributed by atoms with E-state index in [0.717, 1.165) is 30.8 Å². The molecule has 1 heterocycles. The number of carbonyl (C=O) groups excluding carboxylic acids is 1. The van der Waals surface area contributed by atoms with Gasteiger partial charge in [0, 0.05) is 23.7 Å². The first kappa shape index (κ1) is 12.2. The molecule has 5 heteroatoms. The predicted molar refractivity (Wildman–Crippen MR) is 67.4 cm³/mol. The van der Waals surface area contributed by atoms with Crippen molar-refractivity contribution >= 4 is 23.4 Å². The van der Waals surface area contributed by atoms with Gasteiger partial charge in [0.25, 0.3) is 0 Å². The van der Waals surface area contributed by atoms with E-state index in [-0.39, 0.29) is 11.7 Å². The molecule has 0 aromatic heterocycles. The van der Waals surface area contributed by atoms with E-state index in [1.165, 1.54) is 23.9 Å². The first-order valence-electron chi connectivity index (χ1n) is 5.62. The van der Waals surface area contributed by atoms with E-state index in [1.807, 2.05) is 4.90 Å². The number of nitrogen functional groups attached to an aromatic ring is 1. The lowest BCUT2D eigenvalue weighted by Gasteiger charge is -2.15. The molecule has 3 nitrogen and oxygen atoms in total. The van der Waals surface area contributed by atoms with Crippen LogP contribution in [0.3, 0.4) is 0 Å². The molecular weight excluding hydrogens is 239 g/mol. The second-order valence-electron chi connectivity index (χ2n) is 4.06. The average molecular weight is 254 g/mol. The molecule has 0 radical (unpaired) electrons. The molecule has 0 atom stereocenters. The molecule has 1 aromatic carbocycles. The Kier molecular flexibility index (Phi) is 3.89. The summed E-state index contributed by atoms with van der Waals surface area (Å²) < 4.78 is 12.8. The van der Waals surface area contributed by atoms with Gasteiger partial charge >= 0.3 is 0 Å². The molecule has 0 spiro atoms. The van der Waals surface area contributed by atoms with Gasteiger partial charge in [0.05, 0.1) is 5.75 Å². The Labute approximate surface area is 104 Å². The van der Waals surface area contributed by atoms with Crippen LogP contribution in [0.1, 0.15) is 12.8 Å². The lowest BCUT2D eigenvalue weighted by atomic mass is 10.3. The molecule has 1 amide bonds. The van der Waals surface area contributed by atoms with Crippen molar-refractivity contribution in [1.29, 1.82) is 0 Å². The molecule has 1 saturated heterocycles. The number of amides is 1. The highest BCUT2D eigenvalue weighted by molar-refractivity contribution is 8.00. The molecule has 92 valence electrons. The molecule has 1 fully saturated rings. The topological polar surface area (TPSA) is 46.3 Å². The summed E-state index contributed by atoms with van der Waals surface area (Å²) in [5.41, 5.74) is 6.07. The quantitative estimate of drug-likeness (QED) is 0.664. The standard InChI is InChI=1S/C12H15FN2OS/c13-9-3-4-11(10(14)7-9)17-8-12(16)15-5-1-2-6-15/h3-4,7H,1-2,5-6,8,14H2. The Bertz CT molecular complexity index is 419. The highest BCUT2D eigenvalue weighted by Crippen LogP contribution is 2.26. The van der Waals surface area contributed by atoms with Crippen LogP contribution in [0.4, 0.5) is 10.1 Å². The monoisotopic (exact) mass is 254 g/mol. The molecular formula is C12H15FN2OS. The van der Waals surface area contributed by atoms with Gasteiger partial charge in [0.1, 0.15) is 5.82 Å². The Morgan fingerprint density at radius 3 is 2.76 bits per heavy atom. The lowest BCUT2D eigenvalue weighted by Crippen LogP contribution is -2.29. The first-order chi connectivity index (χ1) is 8.16. The van der Waals surface area contributed by atoms with Crippen molar-refractivity contribution in [2.45, 2.75) is 17.7 Å². The smallest absolute Gasteiger partial charge is 0.232 e. The van der Waals surface area contributed by atoms with E-state index in [0.29, 0.717) is 11.4 Å². The largest absolute Gasteiger partial charge is 0.398 e. The molecule has 2 N–H and O–H groups in total. The molecule has 17 heavy (non-hydrogen) atoms. The zero-order chi connectivity index (χ0) is 12.3. The number of carbonyl (C=O) groups is 1. The van der Waals surface area contributed by atoms with Gasteiger partial charge in [0.15, 0.2) is 0 Å². The van der Waals surface area contributed by atoms with E-state index < -0.39 is 0 Å². The molecule has 1 aliphatic rings. The van der Waals surface area contributed by atoms with Crippen molar-refractivity contribution in [1.82, 2.24) is 4.90 Å². The molecule has 1 aromatic rings. The van der Waals surface area contributed by atoms with Crippen molar-refractivity contribution in [3.63, 3.8) is 0 Å². The minimum Gasteiger partial charge on any atom is -0.398 e. The predicted octanol–water partition coefficient (Wildman–Crippen LogP) is 2.12. The van der Waals surface area contributed by atoms with Gasteiger partial charge in [-0.15, -0.1) is 11.8 Å². The number of nitrogens with two attached hydrogens (primary N) is 1. The van der Waals surface area contributed by atoms with Gasteiger partial charge in [-0.05, 0) is 31.0 Å². The first-order valence-corrected chi connectivity index (χ1v) is 6.61. The van der Waals surface area contributed by atoms with Crippen molar-refractivity contribution in [2.24, 2.45) is 0 Å². The SMILES string of the molecule is Nc1cc(F)ccc1SCC(=O)N1CCCC1. The van der Waals surface area contributed by atoms with Crippen LogP contribution in [0.15, 0.2) is 23.1 Å². The summed E-state index contributed by atoms with van der Waals surface area (Å²) in [5.74, 6) is 0.157. The molecule has 1 aliphatic heterocycles. The number of hydrogen-bond acceptors (Lipinski definition) is 3. The maximum Gasteiger partial charge on any atom is 0.232 e. The molecule has 0 saturated carbocycles. The van der Waals surface area contributed by atoms with Crippen LogP contribution in [0.2, 0.25) is 0 Å². The second kappa shape index (κ2) is 5.40. The molecule has 0 aliphatic carbocycles. The number of anilines is 1. The van der Waals surface area contributed by atoms with Crippen LogP contribution in [-0.2, 0) is 4.79 Å². The van der Waals surface area contributed by atoms with Crippen LogP contribution in [0.5, 0.6) is 0 Å². The number of halogens is 1. The van der Waals surface area contributed by atoms with E-state index in [2.05, 4.69) is 0 Å². The second-order valence-corrected chi connectivity index (χ2v) is 5.08. The number of likely N-dealkylation sites (tertiary alicyclic amines) is 1. The zero-order valence-corrected chi connectivity index (χ0v) is 10.3. The summed E-state index contributed by atoms with van der Waals surface area (Å²) in [6, 6.07) is 4.26. The van der Waals surface area contributed by atoms with Gasteiger partial charge in [0.2, 0.25) is 5.91 Å². The lowest BCUT2D eigenvalue weighted by molar-refractivity contribution is -0.127. The Morgan fingerprint density at radius 2 is 2.12 bits per heavy atom. The summed E-state index contributed by atoms with van der Waals surface area (Å²) in [4.78, 5) is 14.4. The third kappa shape index (κ3) is 3.12. The van der Waals surface area contributed by atoms with Crippen LogP contribution in [0, 0.1) is 5.82 Å². The number of nitrogens with zero attached hydrogens (tertiary/aromatic N) is 1. The highest BCUT2D eigenvalue weighted by atomic mass is 32.2. The normalized spacial score (nSPS) is 15.2. The van der Waals surface area contributed by atoms with Crippen molar-refractivity contribution < 1.29 is 9.18 Å². The van der Waals surface area contributed by atoms with Gasteiger partial charge in [-0.25, -0.2) is 4.39 Å². The minimum absolute atomic E-state index is 0.135. The van der Waals surface area contributed by atoms with E-state index in [9.17, 15) is 9.18 Å². The third-order valence-corrected chi connectivity index (χ3v) is 3.86. The van der Waals surface area contributed by atoms with Crippen LogP contribution in [0.25, 0.3) is 0 Å². The highest BCUT2D eigenvalue weighted by Gasteiger charge is 2.17. The van der Waals surface area contributed by atoms with Gasteiger partial charge in [-0.2, -0.15) is 0 Å². The van der Waals surface area contributed by atoms with Gasteiger partial charge < -0.3 is 10.6 Å². The Morgan fingerprint density at radius 1 is 1.41 bits per heavy atom. The minimum atomic E-state index is -0.349. The zero-order valence-electron chi connectivity index (χ0n) is 9.49. The van der Waals surface area contributed by atoms with E-state index >= 15 is 0 Å². The van der Waals surface area contributed by atoms with Gasteiger partial charge in [-0.3, -0.25) is 4.79 Å². The average Bonchev–Trinajstić information content (AvgIpc) is 2.81. The number of benzene rings is 1. The van der Waals surface area contributed by atoms with E-state index in [1.54, 1.807) is 6.07 Å². The summed E-state index contributed by atoms with van der Waals surface area (Å²) in [6.07, 6.45) is 2.18. The fourth-order valence-corrected chi connectivity index (χ4v) is 2.70.